The molecule has 4 aromatic carbocycles. The summed E-state index contributed by atoms with van der Waals surface area (Å²) in [6.45, 7) is 0.416. The minimum Gasteiger partial charge on any atom is -0.410 e. The number of carbonyl (C=O) groups is 1. The van der Waals surface area contributed by atoms with Crippen LogP contribution in [0.4, 0.5) is 10.5 Å². The number of carbonyl (C=O) groups excluding carboxylic acids is 1. The van der Waals surface area contributed by atoms with Crippen LogP contribution in [-0.2, 0) is 6.54 Å². The van der Waals surface area contributed by atoms with Gasteiger partial charge in [-0.1, -0.05) is 90.5 Å². The number of amides is 1. The molecule has 0 aromatic heterocycles. The van der Waals surface area contributed by atoms with E-state index in [1.165, 1.54) is 0 Å². The van der Waals surface area contributed by atoms with Gasteiger partial charge in [0.05, 0.1) is 12.2 Å². The van der Waals surface area contributed by atoms with Crippen molar-refractivity contribution in [1.29, 1.82) is 0 Å². The van der Waals surface area contributed by atoms with Crippen molar-refractivity contribution in [2.75, 3.05) is 4.90 Å². The molecule has 4 aromatic rings. The van der Waals surface area contributed by atoms with Gasteiger partial charge in [0.2, 0.25) is 0 Å². The van der Waals surface area contributed by atoms with Gasteiger partial charge in [-0.25, -0.2) is 4.79 Å². The number of rotatable bonds is 2. The Balaban J connectivity index is 1.67. The average Bonchev–Trinajstić information content (AvgIpc) is 2.95. The highest BCUT2D eigenvalue weighted by Crippen LogP contribution is 2.44. The van der Waals surface area contributed by atoms with Crippen molar-refractivity contribution in [3.8, 4) is 5.75 Å². The van der Waals surface area contributed by atoms with Gasteiger partial charge in [-0.05, 0) is 46.5 Å². The third kappa shape index (κ3) is 3.69. The molecule has 0 bridgehead atoms. The molecule has 0 saturated heterocycles. The van der Waals surface area contributed by atoms with Crippen molar-refractivity contribution < 1.29 is 9.53 Å². The Morgan fingerprint density at radius 1 is 0.742 bits per heavy atom. The van der Waals surface area contributed by atoms with E-state index in [9.17, 15) is 4.79 Å². The van der Waals surface area contributed by atoms with E-state index >= 15 is 0 Å². The van der Waals surface area contributed by atoms with E-state index in [-0.39, 0.29) is 5.92 Å². The van der Waals surface area contributed by atoms with Gasteiger partial charge in [0.15, 0.2) is 0 Å². The van der Waals surface area contributed by atoms with Crippen LogP contribution in [0.25, 0.3) is 0 Å². The van der Waals surface area contributed by atoms with Crippen LogP contribution in [0.15, 0.2) is 103 Å². The van der Waals surface area contributed by atoms with Gasteiger partial charge in [-0.3, -0.25) is 4.90 Å². The molecule has 152 valence electrons. The fraction of sp³-hybridized carbons (Fsp3) is 0.0741. The number of halogens is 1. The summed E-state index contributed by atoms with van der Waals surface area (Å²) in [7, 11) is 0. The molecule has 1 unspecified atom stereocenters. The first-order chi connectivity index (χ1) is 15.2. The number of benzene rings is 4. The van der Waals surface area contributed by atoms with E-state index in [2.05, 4.69) is 24.3 Å². The first-order valence-corrected chi connectivity index (χ1v) is 10.6. The Hall–Kier alpha value is -3.56. The summed E-state index contributed by atoms with van der Waals surface area (Å²) in [6, 6.07) is 33.2. The van der Waals surface area contributed by atoms with E-state index in [0.717, 1.165) is 27.9 Å². The maximum absolute atomic E-state index is 13.3. The van der Waals surface area contributed by atoms with E-state index in [4.69, 9.17) is 16.3 Å². The number of nitrogens with zero attached hydrogens (tertiary/aromatic N) is 1. The lowest BCUT2D eigenvalue weighted by Gasteiger charge is -2.24. The van der Waals surface area contributed by atoms with Crippen LogP contribution < -0.4 is 9.64 Å². The number of para-hydroxylation sites is 2. The van der Waals surface area contributed by atoms with Gasteiger partial charge >= 0.3 is 6.09 Å². The highest BCUT2D eigenvalue weighted by Gasteiger charge is 2.32. The van der Waals surface area contributed by atoms with Crippen LogP contribution in [0.5, 0.6) is 5.75 Å². The topological polar surface area (TPSA) is 29.5 Å². The van der Waals surface area contributed by atoms with Crippen LogP contribution in [-0.4, -0.2) is 6.09 Å². The second kappa shape index (κ2) is 8.29. The second-order valence-corrected chi connectivity index (χ2v) is 7.89. The van der Waals surface area contributed by atoms with Crippen LogP contribution in [0, 0.1) is 0 Å². The zero-order valence-electron chi connectivity index (χ0n) is 16.7. The predicted octanol–water partition coefficient (Wildman–Crippen LogP) is 7.04. The van der Waals surface area contributed by atoms with Crippen molar-refractivity contribution in [3.05, 3.63) is 130 Å². The van der Waals surface area contributed by atoms with E-state index in [1.807, 2.05) is 66.7 Å². The van der Waals surface area contributed by atoms with Crippen molar-refractivity contribution in [2.45, 2.75) is 12.5 Å². The van der Waals surface area contributed by atoms with E-state index < -0.39 is 6.09 Å². The highest BCUT2D eigenvalue weighted by molar-refractivity contribution is 6.31. The molecule has 3 nitrogen and oxygen atoms in total. The zero-order chi connectivity index (χ0) is 21.2. The number of fused-ring (bicyclic) bond motifs is 2. The summed E-state index contributed by atoms with van der Waals surface area (Å²) < 4.78 is 5.71. The van der Waals surface area contributed by atoms with Crippen molar-refractivity contribution in [1.82, 2.24) is 0 Å². The lowest BCUT2D eigenvalue weighted by atomic mass is 9.83. The molecule has 0 radical (unpaired) electrons. The first kappa shape index (κ1) is 19.4. The summed E-state index contributed by atoms with van der Waals surface area (Å²) in [4.78, 5) is 15.0. The van der Waals surface area contributed by atoms with Gasteiger partial charge in [0.25, 0.3) is 0 Å². The molecular formula is C27H20ClNO2. The molecule has 0 N–H and O–H groups in total. The van der Waals surface area contributed by atoms with Crippen LogP contribution in [0.3, 0.4) is 0 Å². The molecule has 0 aliphatic carbocycles. The average molecular weight is 426 g/mol. The minimum absolute atomic E-state index is 0.0874. The van der Waals surface area contributed by atoms with Gasteiger partial charge < -0.3 is 4.74 Å². The van der Waals surface area contributed by atoms with Gasteiger partial charge in [-0.2, -0.15) is 0 Å². The summed E-state index contributed by atoms with van der Waals surface area (Å²) in [6.07, 6.45) is -0.409. The Labute approximate surface area is 186 Å². The van der Waals surface area contributed by atoms with Crippen molar-refractivity contribution in [3.63, 3.8) is 0 Å². The number of ether oxygens (including phenoxy) is 1. The fourth-order valence-electron chi connectivity index (χ4n) is 4.21. The Bertz CT molecular complexity index is 1240. The van der Waals surface area contributed by atoms with Gasteiger partial charge in [-0.15, -0.1) is 0 Å². The third-order valence-electron chi connectivity index (χ3n) is 5.62. The third-order valence-corrected chi connectivity index (χ3v) is 5.96. The maximum atomic E-state index is 13.3. The molecular weight excluding hydrogens is 406 g/mol. The highest BCUT2D eigenvalue weighted by atomic mass is 35.5. The summed E-state index contributed by atoms with van der Waals surface area (Å²) in [5.74, 6) is 0.431. The molecule has 1 atom stereocenters. The normalized spacial score (nSPS) is 14.9. The molecule has 0 fully saturated rings. The Kier molecular flexibility index (Phi) is 5.19. The molecule has 0 saturated carbocycles. The van der Waals surface area contributed by atoms with Crippen LogP contribution in [0.2, 0.25) is 5.02 Å². The first-order valence-electron chi connectivity index (χ1n) is 10.2. The fourth-order valence-corrected chi connectivity index (χ4v) is 4.46. The SMILES string of the molecule is O=C(Oc1ccccc1)N1Cc2ccccc2C(c2ccccc2Cl)c2ccccc21. The van der Waals surface area contributed by atoms with Gasteiger partial charge in [0.1, 0.15) is 5.75 Å². The molecule has 5 rings (SSSR count). The molecule has 0 spiro atoms. The monoisotopic (exact) mass is 425 g/mol. The summed E-state index contributed by atoms with van der Waals surface area (Å²) in [5.41, 5.74) is 5.06. The van der Waals surface area contributed by atoms with Crippen LogP contribution in [0.1, 0.15) is 28.2 Å². The molecule has 1 aliphatic rings. The smallest absolute Gasteiger partial charge is 0.410 e. The number of anilines is 1. The zero-order valence-corrected chi connectivity index (χ0v) is 17.5. The molecule has 1 aliphatic heterocycles. The number of hydrogen-bond acceptors (Lipinski definition) is 2. The molecule has 4 heteroatoms. The Morgan fingerprint density at radius 3 is 2.13 bits per heavy atom. The Morgan fingerprint density at radius 2 is 1.35 bits per heavy atom. The predicted molar refractivity (Wildman–Crippen MR) is 124 cm³/mol. The lowest BCUT2D eigenvalue weighted by molar-refractivity contribution is 0.207. The van der Waals surface area contributed by atoms with E-state index in [1.54, 1.807) is 17.0 Å². The molecule has 1 heterocycles. The summed E-state index contributed by atoms with van der Waals surface area (Å²) >= 11 is 6.64. The number of hydrogen-bond donors (Lipinski definition) is 0. The molecule has 1 amide bonds. The molecule has 31 heavy (non-hydrogen) atoms. The summed E-state index contributed by atoms with van der Waals surface area (Å²) in [5, 5.41) is 0.706. The van der Waals surface area contributed by atoms with E-state index in [0.29, 0.717) is 17.3 Å². The van der Waals surface area contributed by atoms with Crippen LogP contribution >= 0.6 is 11.6 Å². The lowest BCUT2D eigenvalue weighted by Crippen LogP contribution is -2.33. The van der Waals surface area contributed by atoms with Crippen molar-refractivity contribution >= 4 is 23.4 Å². The minimum atomic E-state index is -0.409. The second-order valence-electron chi connectivity index (χ2n) is 7.48. The van der Waals surface area contributed by atoms with Crippen molar-refractivity contribution in [2.24, 2.45) is 0 Å². The quantitative estimate of drug-likeness (QED) is 0.344. The van der Waals surface area contributed by atoms with Gasteiger partial charge in [0, 0.05) is 10.9 Å². The maximum Gasteiger partial charge on any atom is 0.420 e. The largest absolute Gasteiger partial charge is 0.420 e. The standard InChI is InChI=1S/C27H20ClNO2/c28-24-16-8-6-14-22(24)26-21-13-5-4-10-19(21)18-29(25-17-9-7-15-23(25)26)27(30)31-20-11-2-1-3-12-20/h1-17,26H,18H2.